The topological polar surface area (TPSA) is 26.0 Å². The third-order valence-corrected chi connectivity index (χ3v) is 6.34. The number of pyridine rings is 1. The van der Waals surface area contributed by atoms with Crippen molar-refractivity contribution in [3.8, 4) is 11.3 Å². The molecule has 0 bridgehead atoms. The summed E-state index contributed by atoms with van der Waals surface area (Å²) < 4.78 is 6.10. The third kappa shape index (κ3) is 2.37. The standard InChI is InChI=1S/C20H19NOSi/c1-23(2,3)14-11-12-18(21-13-14)17-9-6-8-16-15-7-4-5-10-19(15)22-20(16)17/h4-13H,1-3H3. The van der Waals surface area contributed by atoms with Gasteiger partial charge in [0.25, 0.3) is 0 Å². The van der Waals surface area contributed by atoms with Crippen LogP contribution in [0.15, 0.2) is 65.2 Å². The Morgan fingerprint density at radius 3 is 2.35 bits per heavy atom. The van der Waals surface area contributed by atoms with Gasteiger partial charge in [0.15, 0.2) is 0 Å². The third-order valence-electron chi connectivity index (χ3n) is 4.31. The highest BCUT2D eigenvalue weighted by molar-refractivity contribution is 6.88. The van der Waals surface area contributed by atoms with Crippen LogP contribution in [0.3, 0.4) is 0 Å². The molecule has 0 N–H and O–H groups in total. The summed E-state index contributed by atoms with van der Waals surface area (Å²) in [5.41, 5.74) is 3.87. The van der Waals surface area contributed by atoms with Crippen LogP contribution in [0.4, 0.5) is 0 Å². The molecule has 0 spiro atoms. The van der Waals surface area contributed by atoms with E-state index in [4.69, 9.17) is 9.40 Å². The summed E-state index contributed by atoms with van der Waals surface area (Å²) >= 11 is 0. The van der Waals surface area contributed by atoms with Gasteiger partial charge in [-0.1, -0.05) is 56.0 Å². The Morgan fingerprint density at radius 1 is 0.826 bits per heavy atom. The van der Waals surface area contributed by atoms with E-state index in [1.165, 1.54) is 5.19 Å². The van der Waals surface area contributed by atoms with Crippen LogP contribution in [-0.2, 0) is 0 Å². The molecule has 4 aromatic rings. The number of furan rings is 1. The molecule has 0 saturated carbocycles. The largest absolute Gasteiger partial charge is 0.455 e. The van der Waals surface area contributed by atoms with Gasteiger partial charge in [-0.2, -0.15) is 0 Å². The maximum absolute atomic E-state index is 6.10. The second-order valence-corrected chi connectivity index (χ2v) is 12.0. The molecule has 2 heterocycles. The van der Waals surface area contributed by atoms with E-state index in [1.807, 2.05) is 24.4 Å². The molecule has 2 aromatic heterocycles. The monoisotopic (exact) mass is 317 g/mol. The Kier molecular flexibility index (Phi) is 3.13. The molecular weight excluding hydrogens is 298 g/mol. The van der Waals surface area contributed by atoms with Crippen molar-refractivity contribution in [1.29, 1.82) is 0 Å². The van der Waals surface area contributed by atoms with Crippen molar-refractivity contribution in [2.24, 2.45) is 0 Å². The van der Waals surface area contributed by atoms with Gasteiger partial charge in [0, 0.05) is 22.5 Å². The summed E-state index contributed by atoms with van der Waals surface area (Å²) in [7, 11) is -1.32. The summed E-state index contributed by atoms with van der Waals surface area (Å²) in [4.78, 5) is 4.71. The highest BCUT2D eigenvalue weighted by Gasteiger charge is 2.17. The normalized spacial score (nSPS) is 12.1. The van der Waals surface area contributed by atoms with E-state index >= 15 is 0 Å². The molecule has 0 aliphatic carbocycles. The van der Waals surface area contributed by atoms with Gasteiger partial charge in [0.2, 0.25) is 0 Å². The zero-order valence-corrected chi connectivity index (χ0v) is 14.6. The molecule has 114 valence electrons. The smallest absolute Gasteiger partial charge is 0.144 e. The molecular formula is C20H19NOSi. The van der Waals surface area contributed by atoms with Gasteiger partial charge < -0.3 is 4.42 Å². The zero-order valence-electron chi connectivity index (χ0n) is 13.6. The van der Waals surface area contributed by atoms with Crippen LogP contribution < -0.4 is 5.19 Å². The van der Waals surface area contributed by atoms with Crippen LogP contribution in [0.1, 0.15) is 0 Å². The quantitative estimate of drug-likeness (QED) is 0.475. The van der Waals surface area contributed by atoms with Crippen molar-refractivity contribution in [2.45, 2.75) is 19.6 Å². The zero-order chi connectivity index (χ0) is 16.0. The number of fused-ring (bicyclic) bond motifs is 3. The molecule has 0 radical (unpaired) electrons. The van der Waals surface area contributed by atoms with Crippen molar-refractivity contribution in [2.75, 3.05) is 0 Å². The average molecular weight is 317 g/mol. The highest BCUT2D eigenvalue weighted by Crippen LogP contribution is 2.34. The molecule has 23 heavy (non-hydrogen) atoms. The van der Waals surface area contributed by atoms with Gasteiger partial charge in [-0.3, -0.25) is 4.98 Å². The second-order valence-electron chi connectivity index (χ2n) is 6.96. The molecule has 2 aromatic carbocycles. The first-order chi connectivity index (χ1) is 11.0. The Bertz CT molecular complexity index is 994. The minimum absolute atomic E-state index is 0.918. The first kappa shape index (κ1) is 14.2. The Labute approximate surface area is 136 Å². The molecule has 0 aliphatic rings. The van der Waals surface area contributed by atoms with E-state index in [1.54, 1.807) is 0 Å². The summed E-state index contributed by atoms with van der Waals surface area (Å²) in [6.07, 6.45) is 2.03. The SMILES string of the molecule is C[Si](C)(C)c1ccc(-c2cccc3c2oc2ccccc23)nc1. The van der Waals surface area contributed by atoms with Crippen molar-refractivity contribution in [3.05, 3.63) is 60.8 Å². The molecule has 0 atom stereocenters. The molecule has 0 amide bonds. The maximum Gasteiger partial charge on any atom is 0.144 e. The van der Waals surface area contributed by atoms with E-state index in [2.05, 4.69) is 56.0 Å². The van der Waals surface area contributed by atoms with E-state index in [0.717, 1.165) is 33.2 Å². The first-order valence-corrected chi connectivity index (χ1v) is 11.4. The molecule has 0 aliphatic heterocycles. The summed E-state index contributed by atoms with van der Waals surface area (Å²) in [5, 5.41) is 3.68. The molecule has 0 fully saturated rings. The number of hydrogen-bond donors (Lipinski definition) is 0. The van der Waals surface area contributed by atoms with Gasteiger partial charge >= 0.3 is 0 Å². The second kappa shape index (κ2) is 5.07. The fourth-order valence-electron chi connectivity index (χ4n) is 2.95. The van der Waals surface area contributed by atoms with Crippen molar-refractivity contribution in [1.82, 2.24) is 4.98 Å². The minimum Gasteiger partial charge on any atom is -0.455 e. The molecule has 0 saturated heterocycles. The summed E-state index contributed by atoms with van der Waals surface area (Å²) in [5.74, 6) is 0. The Hall–Kier alpha value is -2.39. The maximum atomic E-state index is 6.10. The number of rotatable bonds is 2. The molecule has 4 rings (SSSR count). The fraction of sp³-hybridized carbons (Fsp3) is 0.150. The number of benzene rings is 2. The van der Waals surface area contributed by atoms with Crippen molar-refractivity contribution in [3.63, 3.8) is 0 Å². The van der Waals surface area contributed by atoms with Crippen LogP contribution in [-0.4, -0.2) is 13.1 Å². The predicted octanol–water partition coefficient (Wildman–Crippen LogP) is 5.19. The number of aromatic nitrogens is 1. The predicted molar refractivity (Wildman–Crippen MR) is 99.9 cm³/mol. The lowest BCUT2D eigenvalue weighted by atomic mass is 10.1. The molecule has 2 nitrogen and oxygen atoms in total. The van der Waals surface area contributed by atoms with E-state index < -0.39 is 8.07 Å². The number of hydrogen-bond acceptors (Lipinski definition) is 2. The first-order valence-electron chi connectivity index (χ1n) is 7.91. The van der Waals surface area contributed by atoms with Crippen LogP contribution in [0.25, 0.3) is 33.2 Å². The van der Waals surface area contributed by atoms with E-state index in [9.17, 15) is 0 Å². The summed E-state index contributed by atoms with van der Waals surface area (Å²) in [6.45, 7) is 7.01. The lowest BCUT2D eigenvalue weighted by Crippen LogP contribution is -2.37. The van der Waals surface area contributed by atoms with Gasteiger partial charge in [0.1, 0.15) is 11.2 Å². The molecule has 0 unspecified atom stereocenters. The minimum atomic E-state index is -1.32. The lowest BCUT2D eigenvalue weighted by Gasteiger charge is -2.16. The van der Waals surface area contributed by atoms with Gasteiger partial charge in [0.05, 0.1) is 13.8 Å². The number of nitrogens with zero attached hydrogens (tertiary/aromatic N) is 1. The van der Waals surface area contributed by atoms with Crippen LogP contribution in [0.5, 0.6) is 0 Å². The van der Waals surface area contributed by atoms with Crippen molar-refractivity contribution >= 4 is 35.2 Å². The Balaban J connectivity index is 1.92. The van der Waals surface area contributed by atoms with Crippen LogP contribution in [0.2, 0.25) is 19.6 Å². The van der Waals surface area contributed by atoms with Crippen LogP contribution >= 0.6 is 0 Å². The Morgan fingerprint density at radius 2 is 1.61 bits per heavy atom. The van der Waals surface area contributed by atoms with Gasteiger partial charge in [-0.25, -0.2) is 0 Å². The fourth-order valence-corrected chi connectivity index (χ4v) is 3.98. The van der Waals surface area contributed by atoms with E-state index in [-0.39, 0.29) is 0 Å². The molecule has 3 heteroatoms. The van der Waals surface area contributed by atoms with Gasteiger partial charge in [-0.05, 0) is 23.4 Å². The average Bonchev–Trinajstić information content (AvgIpc) is 2.93. The van der Waals surface area contributed by atoms with E-state index in [0.29, 0.717) is 0 Å². The van der Waals surface area contributed by atoms with Gasteiger partial charge in [-0.15, -0.1) is 0 Å². The number of para-hydroxylation sites is 2. The lowest BCUT2D eigenvalue weighted by molar-refractivity contribution is 0.670. The summed E-state index contributed by atoms with van der Waals surface area (Å²) in [6, 6.07) is 18.8. The highest BCUT2D eigenvalue weighted by atomic mass is 28.3. The van der Waals surface area contributed by atoms with Crippen LogP contribution in [0, 0.1) is 0 Å². The van der Waals surface area contributed by atoms with Crippen molar-refractivity contribution < 1.29 is 4.42 Å².